The third-order valence-electron chi connectivity index (χ3n) is 5.43. The summed E-state index contributed by atoms with van der Waals surface area (Å²) in [6, 6.07) is 9.67. The molecule has 1 amide bonds. The number of hydrogen-bond acceptors (Lipinski definition) is 6. The number of ketones is 1. The molecular weight excluding hydrogens is 382 g/mol. The van der Waals surface area contributed by atoms with Crippen LogP contribution in [-0.4, -0.2) is 64.9 Å². The van der Waals surface area contributed by atoms with Crippen LogP contribution < -0.4 is 4.74 Å². The Kier molecular flexibility index (Phi) is 6.84. The van der Waals surface area contributed by atoms with E-state index in [1.54, 1.807) is 42.7 Å². The number of aliphatic hydroxyl groups is 1. The van der Waals surface area contributed by atoms with E-state index >= 15 is 0 Å². The standard InChI is InChI=1S/C23H27N3O4/c1-4-25(5-2)12-13-26-20(17-9-7-11-24-15-17)19(22(28)23(26)29)21(27)16-8-6-10-18(14-16)30-3/h6-11,14-15,20,27H,4-5,12-13H2,1-3H3/b21-19+. The normalized spacial score (nSPS) is 18.3. The maximum absolute atomic E-state index is 13.0. The fourth-order valence-electron chi connectivity index (χ4n) is 3.71. The van der Waals surface area contributed by atoms with Crippen LogP contribution in [0.3, 0.4) is 0 Å². The highest BCUT2D eigenvalue weighted by molar-refractivity contribution is 6.46. The van der Waals surface area contributed by atoms with Gasteiger partial charge < -0.3 is 19.6 Å². The van der Waals surface area contributed by atoms with Gasteiger partial charge in [-0.15, -0.1) is 0 Å². The van der Waals surface area contributed by atoms with Crippen molar-refractivity contribution in [3.63, 3.8) is 0 Å². The van der Waals surface area contributed by atoms with Crippen LogP contribution in [0.25, 0.3) is 5.76 Å². The molecule has 3 rings (SSSR count). The zero-order chi connectivity index (χ0) is 21.7. The second-order valence-corrected chi connectivity index (χ2v) is 7.04. The fourth-order valence-corrected chi connectivity index (χ4v) is 3.71. The van der Waals surface area contributed by atoms with Crippen molar-refractivity contribution in [1.29, 1.82) is 0 Å². The van der Waals surface area contributed by atoms with Gasteiger partial charge in [0.2, 0.25) is 0 Å². The number of hydrogen-bond donors (Lipinski definition) is 1. The van der Waals surface area contributed by atoms with Gasteiger partial charge in [-0.2, -0.15) is 0 Å². The molecular formula is C23H27N3O4. The molecule has 0 aliphatic carbocycles. The molecule has 7 nitrogen and oxygen atoms in total. The molecule has 158 valence electrons. The summed E-state index contributed by atoms with van der Waals surface area (Å²) in [7, 11) is 1.53. The van der Waals surface area contributed by atoms with E-state index in [4.69, 9.17) is 4.74 Å². The monoisotopic (exact) mass is 409 g/mol. The Morgan fingerprint density at radius 3 is 2.60 bits per heavy atom. The summed E-state index contributed by atoms with van der Waals surface area (Å²) in [6.07, 6.45) is 3.26. The number of aromatic nitrogens is 1. The SMILES string of the molecule is CCN(CC)CCN1C(=O)C(=O)/C(=C(/O)c2cccc(OC)c2)C1c1cccnc1. The average molecular weight is 409 g/mol. The third-order valence-corrected chi connectivity index (χ3v) is 5.43. The lowest BCUT2D eigenvalue weighted by Crippen LogP contribution is -2.38. The molecule has 0 spiro atoms. The molecule has 0 bridgehead atoms. The average Bonchev–Trinajstić information content (AvgIpc) is 3.04. The minimum Gasteiger partial charge on any atom is -0.507 e. The molecule has 1 unspecified atom stereocenters. The van der Waals surface area contributed by atoms with Crippen LogP contribution in [0.2, 0.25) is 0 Å². The first kappa shape index (κ1) is 21.5. The second kappa shape index (κ2) is 9.54. The highest BCUT2D eigenvalue weighted by atomic mass is 16.5. The molecule has 1 aliphatic rings. The minimum absolute atomic E-state index is 0.0702. The highest BCUT2D eigenvalue weighted by Gasteiger charge is 2.46. The first-order valence-electron chi connectivity index (χ1n) is 10.1. The van der Waals surface area contributed by atoms with E-state index in [-0.39, 0.29) is 11.3 Å². The number of carbonyl (C=O) groups is 2. The Hall–Kier alpha value is -3.19. The van der Waals surface area contributed by atoms with E-state index in [1.807, 2.05) is 6.07 Å². The quantitative estimate of drug-likeness (QED) is 0.410. The van der Waals surface area contributed by atoms with Gasteiger partial charge in [-0.1, -0.05) is 32.0 Å². The topological polar surface area (TPSA) is 83.0 Å². The molecule has 1 aliphatic heterocycles. The van der Waals surface area contributed by atoms with E-state index < -0.39 is 17.7 Å². The van der Waals surface area contributed by atoms with Gasteiger partial charge >= 0.3 is 0 Å². The predicted octanol–water partition coefficient (Wildman–Crippen LogP) is 2.85. The van der Waals surface area contributed by atoms with E-state index in [9.17, 15) is 14.7 Å². The van der Waals surface area contributed by atoms with Gasteiger partial charge in [0, 0.05) is 31.0 Å². The fraction of sp³-hybridized carbons (Fsp3) is 0.348. The van der Waals surface area contributed by atoms with Crippen molar-refractivity contribution in [2.24, 2.45) is 0 Å². The van der Waals surface area contributed by atoms with E-state index in [0.717, 1.165) is 13.1 Å². The number of ether oxygens (including phenoxy) is 1. The number of carbonyl (C=O) groups excluding carboxylic acids is 2. The number of nitrogens with zero attached hydrogens (tertiary/aromatic N) is 3. The van der Waals surface area contributed by atoms with E-state index in [2.05, 4.69) is 23.7 Å². The number of benzene rings is 1. The molecule has 1 aromatic heterocycles. The minimum atomic E-state index is -0.694. The van der Waals surface area contributed by atoms with Gasteiger partial charge in [0.15, 0.2) is 0 Å². The molecule has 1 atom stereocenters. The number of amides is 1. The van der Waals surface area contributed by atoms with Gasteiger partial charge in [0.25, 0.3) is 11.7 Å². The largest absolute Gasteiger partial charge is 0.507 e. The molecule has 1 N–H and O–H groups in total. The van der Waals surface area contributed by atoms with Crippen molar-refractivity contribution in [2.45, 2.75) is 19.9 Å². The van der Waals surface area contributed by atoms with Crippen molar-refractivity contribution >= 4 is 17.4 Å². The lowest BCUT2D eigenvalue weighted by molar-refractivity contribution is -0.140. The third kappa shape index (κ3) is 4.21. The van der Waals surface area contributed by atoms with Crippen LogP contribution in [0.15, 0.2) is 54.4 Å². The van der Waals surface area contributed by atoms with Crippen molar-refractivity contribution in [1.82, 2.24) is 14.8 Å². The van der Waals surface area contributed by atoms with Crippen molar-refractivity contribution in [2.75, 3.05) is 33.3 Å². The number of Topliss-reactive ketones (excluding diaryl/α,β-unsaturated/α-hetero) is 1. The summed E-state index contributed by atoms with van der Waals surface area (Å²) in [4.78, 5) is 33.8. The number of pyridine rings is 1. The van der Waals surface area contributed by atoms with Gasteiger partial charge in [-0.05, 0) is 36.9 Å². The lowest BCUT2D eigenvalue weighted by Gasteiger charge is -2.28. The van der Waals surface area contributed by atoms with Crippen molar-refractivity contribution in [3.05, 3.63) is 65.5 Å². The van der Waals surface area contributed by atoms with Crippen LogP contribution >= 0.6 is 0 Å². The van der Waals surface area contributed by atoms with Gasteiger partial charge in [-0.3, -0.25) is 14.6 Å². The second-order valence-electron chi connectivity index (χ2n) is 7.04. The Labute approximate surface area is 176 Å². The molecule has 1 saturated heterocycles. The summed E-state index contributed by atoms with van der Waals surface area (Å²) in [5, 5.41) is 11.0. The summed E-state index contributed by atoms with van der Waals surface area (Å²) in [5.74, 6) is -0.969. The molecule has 30 heavy (non-hydrogen) atoms. The molecule has 2 heterocycles. The first-order chi connectivity index (χ1) is 14.5. The first-order valence-corrected chi connectivity index (χ1v) is 10.1. The Morgan fingerprint density at radius 1 is 1.20 bits per heavy atom. The predicted molar refractivity (Wildman–Crippen MR) is 114 cm³/mol. The lowest BCUT2D eigenvalue weighted by atomic mass is 9.96. The zero-order valence-corrected chi connectivity index (χ0v) is 17.5. The number of rotatable bonds is 8. The number of aliphatic hydroxyl groups excluding tert-OH is 1. The van der Waals surface area contributed by atoms with E-state index in [1.165, 1.54) is 12.0 Å². The Balaban J connectivity index is 2.08. The molecule has 1 fully saturated rings. The van der Waals surface area contributed by atoms with Gasteiger partial charge in [0.1, 0.15) is 11.5 Å². The highest BCUT2D eigenvalue weighted by Crippen LogP contribution is 2.39. The van der Waals surface area contributed by atoms with Crippen LogP contribution in [0.4, 0.5) is 0 Å². The molecule has 0 saturated carbocycles. The zero-order valence-electron chi connectivity index (χ0n) is 17.5. The van der Waals surface area contributed by atoms with Crippen LogP contribution in [0, 0.1) is 0 Å². The van der Waals surface area contributed by atoms with Crippen LogP contribution in [0.1, 0.15) is 31.0 Å². The van der Waals surface area contributed by atoms with E-state index in [0.29, 0.717) is 30.0 Å². The summed E-state index contributed by atoms with van der Waals surface area (Å²) < 4.78 is 5.23. The Bertz CT molecular complexity index is 938. The smallest absolute Gasteiger partial charge is 0.295 e. The summed E-state index contributed by atoms with van der Waals surface area (Å²) >= 11 is 0. The van der Waals surface area contributed by atoms with Crippen molar-refractivity contribution in [3.8, 4) is 5.75 Å². The summed E-state index contributed by atoms with van der Waals surface area (Å²) in [5.41, 5.74) is 1.17. The van der Waals surface area contributed by atoms with Crippen LogP contribution in [-0.2, 0) is 9.59 Å². The molecule has 1 aromatic carbocycles. The molecule has 0 radical (unpaired) electrons. The maximum Gasteiger partial charge on any atom is 0.295 e. The molecule has 2 aromatic rings. The van der Waals surface area contributed by atoms with Crippen LogP contribution in [0.5, 0.6) is 5.75 Å². The van der Waals surface area contributed by atoms with Gasteiger partial charge in [-0.25, -0.2) is 0 Å². The number of likely N-dealkylation sites (N-methyl/N-ethyl adjacent to an activating group) is 1. The van der Waals surface area contributed by atoms with Crippen molar-refractivity contribution < 1.29 is 19.4 Å². The van der Waals surface area contributed by atoms with Gasteiger partial charge in [0.05, 0.1) is 18.7 Å². The summed E-state index contributed by atoms with van der Waals surface area (Å²) in [6.45, 7) is 6.82. The maximum atomic E-state index is 13.0. The Morgan fingerprint density at radius 2 is 1.97 bits per heavy atom. The molecule has 7 heteroatoms. The number of likely N-dealkylation sites (tertiary alicyclic amines) is 1. The number of methoxy groups -OCH3 is 1.